The van der Waals surface area contributed by atoms with Crippen LogP contribution in [0.2, 0.25) is 13.1 Å². The summed E-state index contributed by atoms with van der Waals surface area (Å²) in [5.41, 5.74) is 9.32. The fraction of sp³-hybridized carbons (Fsp3) is 0.364. The van der Waals surface area contributed by atoms with Crippen LogP contribution < -0.4 is 24.8 Å². The van der Waals surface area contributed by atoms with E-state index < -0.39 is 8.07 Å². The Morgan fingerprint density at radius 3 is 2.16 bits per heavy atom. The molecule has 0 saturated heterocycles. The summed E-state index contributed by atoms with van der Waals surface area (Å²) in [6, 6.07) is 22.8. The molecule has 1 unspecified atom stereocenters. The summed E-state index contributed by atoms with van der Waals surface area (Å²) in [4.78, 5) is 0. The number of hydrogen-bond donors (Lipinski definition) is 0. The van der Waals surface area contributed by atoms with Crippen molar-refractivity contribution in [2.45, 2.75) is 77.4 Å². The van der Waals surface area contributed by atoms with Crippen molar-refractivity contribution in [2.24, 2.45) is 0 Å². The molecule has 0 N–H and O–H groups in total. The second kappa shape index (κ2) is 12.1. The maximum atomic E-state index is 5.78. The fourth-order valence-corrected chi connectivity index (χ4v) is 11.5. The predicted octanol–water partition coefficient (Wildman–Crippen LogP) is 3.85. The van der Waals surface area contributed by atoms with E-state index >= 15 is 0 Å². The van der Waals surface area contributed by atoms with E-state index in [2.05, 4.69) is 87.6 Å². The zero-order valence-electron chi connectivity index (χ0n) is 23.1. The molecule has 5 heteroatoms. The average Bonchev–Trinajstić information content (AvgIpc) is 3.53. The summed E-state index contributed by atoms with van der Waals surface area (Å²) >= 11 is 0. The molecule has 4 aromatic rings. The third-order valence-electron chi connectivity index (χ3n) is 8.80. The van der Waals surface area contributed by atoms with Gasteiger partial charge in [-0.25, -0.2) is 0 Å². The van der Waals surface area contributed by atoms with Crippen molar-refractivity contribution >= 4 is 24.0 Å². The zero-order valence-corrected chi connectivity index (χ0v) is 28.1. The minimum atomic E-state index is -1.10. The Kier molecular flexibility index (Phi) is 9.95. The van der Waals surface area contributed by atoms with Gasteiger partial charge in [-0.2, -0.15) is 6.07 Å². The molecule has 38 heavy (non-hydrogen) atoms. The summed E-state index contributed by atoms with van der Waals surface area (Å²) in [7, 11) is -1.10. The molecule has 1 radical (unpaired) electrons. The van der Waals surface area contributed by atoms with Crippen LogP contribution in [0.4, 0.5) is 0 Å². The van der Waals surface area contributed by atoms with Gasteiger partial charge in [-0.3, -0.25) is 0 Å². The van der Waals surface area contributed by atoms with Crippen molar-refractivity contribution in [3.05, 3.63) is 94.4 Å². The standard InChI is InChI=1S/C22H23.C11H14OSi.2ClH.Zr/c1-16-14-20-8-5-9-21(22(20)15-16)19-12-10-18(11-13-19)17-6-3-2-4-7-17;1-6-5-8-9(12-6)11-7(2)10(8)13(11,3)4;;;/h5,8-15,17H,2-4,6-7H2,1H3;5,11H,1-4H3;2*1H;/q-1;;;;+3/p-2. The number of rotatable bonds is 2. The molecule has 4 aliphatic rings. The molecule has 0 spiro atoms. The average molecular weight is 640 g/mol. The molecule has 197 valence electrons. The van der Waals surface area contributed by atoms with Crippen molar-refractivity contribution < 1.29 is 55.4 Å². The van der Waals surface area contributed by atoms with Crippen LogP contribution >= 0.6 is 0 Å². The Labute approximate surface area is 260 Å². The smallest absolute Gasteiger partial charge is 1.00 e. The summed E-state index contributed by atoms with van der Waals surface area (Å²) in [5, 5.41) is 4.40. The van der Waals surface area contributed by atoms with E-state index in [1.54, 1.807) is 10.8 Å². The topological polar surface area (TPSA) is 13.1 Å². The SMILES string of the molecule is CC1=C2c3cc(C)oc3C1[Si]2(C)C.Cc1cc2c(-c3ccc(C4CCCCC4)cc3)cccc2[cH-]1.[Cl-].[Cl-].[Zr+3]. The van der Waals surface area contributed by atoms with Crippen LogP contribution in [0.5, 0.6) is 0 Å². The number of fused-ring (bicyclic) bond motifs is 1. The van der Waals surface area contributed by atoms with Gasteiger partial charge in [0.25, 0.3) is 0 Å². The van der Waals surface area contributed by atoms with Gasteiger partial charge < -0.3 is 29.2 Å². The Morgan fingerprint density at radius 1 is 0.842 bits per heavy atom. The first-order chi connectivity index (χ1) is 16.8. The summed E-state index contributed by atoms with van der Waals surface area (Å²) in [6.07, 6.45) is 6.97. The number of halogens is 2. The molecule has 1 fully saturated rings. The first kappa shape index (κ1) is 31.3. The Hall–Kier alpha value is -1.25. The van der Waals surface area contributed by atoms with Gasteiger partial charge in [0, 0.05) is 11.1 Å². The van der Waals surface area contributed by atoms with Crippen LogP contribution in [0, 0.1) is 13.8 Å². The number of aryl methyl sites for hydroxylation is 2. The molecule has 3 heterocycles. The number of allylic oxidation sites excluding steroid dienone is 1. The van der Waals surface area contributed by atoms with E-state index in [1.807, 2.05) is 6.92 Å². The van der Waals surface area contributed by atoms with Gasteiger partial charge in [-0.05, 0) is 55.0 Å². The molecule has 0 amide bonds. The second-order valence-corrected chi connectivity index (χ2v) is 16.2. The molecule has 2 bridgehead atoms. The van der Waals surface area contributed by atoms with E-state index in [0.29, 0.717) is 5.54 Å². The Bertz CT molecular complexity index is 1440. The largest absolute Gasteiger partial charge is 3.00 e. The van der Waals surface area contributed by atoms with E-state index in [1.165, 1.54) is 76.5 Å². The Morgan fingerprint density at radius 2 is 1.53 bits per heavy atom. The molecule has 2 aliphatic carbocycles. The molecule has 1 atom stereocenters. The third kappa shape index (κ3) is 5.26. The van der Waals surface area contributed by atoms with Crippen molar-refractivity contribution in [3.8, 4) is 11.1 Å². The minimum Gasteiger partial charge on any atom is -1.00 e. The van der Waals surface area contributed by atoms with E-state index in [0.717, 1.165) is 11.7 Å². The van der Waals surface area contributed by atoms with Crippen molar-refractivity contribution in [3.63, 3.8) is 0 Å². The number of hydrogen-bond acceptors (Lipinski definition) is 1. The van der Waals surface area contributed by atoms with Crippen molar-refractivity contribution in [1.82, 2.24) is 0 Å². The summed E-state index contributed by atoms with van der Waals surface area (Å²) in [6.45, 7) is 11.4. The van der Waals surface area contributed by atoms with Crippen molar-refractivity contribution in [2.75, 3.05) is 0 Å². The molecule has 3 aromatic carbocycles. The van der Waals surface area contributed by atoms with E-state index in [4.69, 9.17) is 4.42 Å². The van der Waals surface area contributed by atoms with Crippen LogP contribution in [0.3, 0.4) is 0 Å². The zero-order chi connectivity index (χ0) is 24.3. The maximum absolute atomic E-state index is 5.78. The number of benzene rings is 2. The summed E-state index contributed by atoms with van der Waals surface area (Å²) < 4.78 is 5.78. The molecule has 1 nitrogen and oxygen atoms in total. The maximum Gasteiger partial charge on any atom is 3.00 e. The third-order valence-corrected chi connectivity index (χ3v) is 12.9. The summed E-state index contributed by atoms with van der Waals surface area (Å²) in [5.74, 6) is 3.14. The van der Waals surface area contributed by atoms with Gasteiger partial charge in [-0.1, -0.05) is 80.7 Å². The van der Waals surface area contributed by atoms with Gasteiger partial charge in [-0.15, -0.1) is 34.5 Å². The fourth-order valence-electron chi connectivity index (χ4n) is 7.29. The first-order valence-corrected chi connectivity index (χ1v) is 16.5. The van der Waals surface area contributed by atoms with E-state index in [9.17, 15) is 0 Å². The predicted molar refractivity (Wildman–Crippen MR) is 152 cm³/mol. The van der Waals surface area contributed by atoms with Crippen LogP contribution in [0.15, 0.2) is 70.7 Å². The van der Waals surface area contributed by atoms with Crippen molar-refractivity contribution in [1.29, 1.82) is 0 Å². The van der Waals surface area contributed by atoms with Gasteiger partial charge in [0.1, 0.15) is 11.5 Å². The molecule has 1 aromatic heterocycles. The van der Waals surface area contributed by atoms with Crippen LogP contribution in [-0.4, -0.2) is 8.07 Å². The minimum absolute atomic E-state index is 0. The number of furan rings is 1. The van der Waals surface area contributed by atoms with Gasteiger partial charge >= 0.3 is 26.2 Å². The monoisotopic (exact) mass is 637 g/mol. The molecular formula is C33H37Cl2OSiZr. The molecule has 8 rings (SSSR count). The van der Waals surface area contributed by atoms with Crippen LogP contribution in [0.25, 0.3) is 27.1 Å². The van der Waals surface area contributed by atoms with Gasteiger partial charge in [0.05, 0.1) is 8.07 Å². The normalized spacial score (nSPS) is 18.8. The quantitative estimate of drug-likeness (QED) is 0.240. The van der Waals surface area contributed by atoms with E-state index in [-0.39, 0.29) is 51.0 Å². The van der Waals surface area contributed by atoms with Gasteiger partial charge in [0.2, 0.25) is 0 Å². The first-order valence-electron chi connectivity index (χ1n) is 13.4. The molecule has 2 aliphatic heterocycles. The van der Waals surface area contributed by atoms with Gasteiger partial charge in [0.15, 0.2) is 0 Å². The second-order valence-electron chi connectivity index (χ2n) is 11.6. The Balaban J connectivity index is 0.000000216. The molecule has 1 saturated carbocycles. The molecular weight excluding hydrogens is 603 g/mol. The van der Waals surface area contributed by atoms with Crippen LogP contribution in [-0.2, 0) is 26.2 Å². The van der Waals surface area contributed by atoms with Crippen LogP contribution in [0.1, 0.15) is 78.7 Å².